The van der Waals surface area contributed by atoms with Crippen LogP contribution in [-0.4, -0.2) is 103 Å². The minimum atomic E-state index is -0.246. The summed E-state index contributed by atoms with van der Waals surface area (Å²) < 4.78 is 5.50. The molecule has 1 aromatic carbocycles. The number of aliphatic hydroxyl groups excluding tert-OH is 1. The number of nitrogens with zero attached hydrogens (tertiary/aromatic N) is 4. The third kappa shape index (κ3) is 8.60. The van der Waals surface area contributed by atoms with E-state index in [1.807, 2.05) is 12.3 Å². The van der Waals surface area contributed by atoms with Gasteiger partial charge in [0.25, 0.3) is 0 Å². The monoisotopic (exact) mass is 485 g/mol. The second-order valence-corrected chi connectivity index (χ2v) is 9.82. The standard InChI is InChI=1S/C28H47N5O2/c1-5-31(6-2)21-24(34)22-33-17-15-32(16-18-33)14-10-8-7-9-12-29-27-20-25(35-4)19-26-23(3)11-13-30-28(26)27/h11,13,19-20,24,29,34H,5-10,12,14-18,21-22H2,1-4H3. The van der Waals surface area contributed by atoms with Crippen molar-refractivity contribution in [3.8, 4) is 5.75 Å². The zero-order valence-electron chi connectivity index (χ0n) is 22.4. The second-order valence-electron chi connectivity index (χ2n) is 9.82. The van der Waals surface area contributed by atoms with Gasteiger partial charge in [0.1, 0.15) is 5.75 Å². The third-order valence-electron chi connectivity index (χ3n) is 7.29. The maximum atomic E-state index is 10.4. The molecule has 0 bridgehead atoms. The Morgan fingerprint density at radius 3 is 2.49 bits per heavy atom. The van der Waals surface area contributed by atoms with E-state index in [1.165, 1.54) is 31.4 Å². The highest BCUT2D eigenvalue weighted by atomic mass is 16.5. The summed E-state index contributed by atoms with van der Waals surface area (Å²) >= 11 is 0. The van der Waals surface area contributed by atoms with Crippen LogP contribution in [0.2, 0.25) is 0 Å². The van der Waals surface area contributed by atoms with Gasteiger partial charge in [-0.15, -0.1) is 0 Å². The summed E-state index contributed by atoms with van der Waals surface area (Å²) in [7, 11) is 1.72. The number of benzene rings is 1. The molecule has 1 aromatic heterocycles. The third-order valence-corrected chi connectivity index (χ3v) is 7.29. The molecule has 0 saturated carbocycles. The number of likely N-dealkylation sites (N-methyl/N-ethyl adjacent to an activating group) is 1. The molecule has 7 nitrogen and oxygen atoms in total. The summed E-state index contributed by atoms with van der Waals surface area (Å²) in [6.07, 6.45) is 6.55. The predicted octanol–water partition coefficient (Wildman–Crippen LogP) is 3.84. The van der Waals surface area contributed by atoms with Crippen LogP contribution in [0.4, 0.5) is 5.69 Å². The Hall–Kier alpha value is -1.93. The highest BCUT2D eigenvalue weighted by Gasteiger charge is 2.19. The molecule has 2 heterocycles. The SMILES string of the molecule is CCN(CC)CC(O)CN1CCN(CCCCCCNc2cc(OC)cc3c(C)ccnc23)CC1. The number of methoxy groups -OCH3 is 1. The number of hydrogen-bond acceptors (Lipinski definition) is 7. The molecule has 0 spiro atoms. The fourth-order valence-corrected chi connectivity index (χ4v) is 4.98. The Balaban J connectivity index is 1.28. The summed E-state index contributed by atoms with van der Waals surface area (Å²) in [4.78, 5) is 11.9. The maximum Gasteiger partial charge on any atom is 0.121 e. The smallest absolute Gasteiger partial charge is 0.121 e. The molecule has 1 aliphatic heterocycles. The van der Waals surface area contributed by atoms with E-state index in [0.717, 1.165) is 87.7 Å². The fraction of sp³-hybridized carbons (Fsp3) is 0.679. The van der Waals surface area contributed by atoms with E-state index in [4.69, 9.17) is 4.74 Å². The van der Waals surface area contributed by atoms with E-state index in [2.05, 4.69) is 57.9 Å². The van der Waals surface area contributed by atoms with Crippen LogP contribution >= 0.6 is 0 Å². The lowest BCUT2D eigenvalue weighted by molar-refractivity contribution is 0.0522. The summed E-state index contributed by atoms with van der Waals surface area (Å²) in [6.45, 7) is 16.5. The number of aromatic nitrogens is 1. The van der Waals surface area contributed by atoms with Gasteiger partial charge in [-0.1, -0.05) is 26.7 Å². The van der Waals surface area contributed by atoms with Crippen molar-refractivity contribution in [2.75, 3.05) is 77.9 Å². The largest absolute Gasteiger partial charge is 0.497 e. The molecule has 1 atom stereocenters. The molecule has 2 aromatic rings. The summed E-state index contributed by atoms with van der Waals surface area (Å²) in [5, 5.41) is 15.1. The molecule has 1 aliphatic rings. The van der Waals surface area contributed by atoms with Gasteiger partial charge in [0, 0.05) is 63.5 Å². The van der Waals surface area contributed by atoms with Crippen molar-refractivity contribution in [1.29, 1.82) is 0 Å². The van der Waals surface area contributed by atoms with Crippen molar-refractivity contribution in [3.63, 3.8) is 0 Å². The lowest BCUT2D eigenvalue weighted by Crippen LogP contribution is -2.50. The highest BCUT2D eigenvalue weighted by Crippen LogP contribution is 2.29. The van der Waals surface area contributed by atoms with Gasteiger partial charge in [0.15, 0.2) is 0 Å². The number of aryl methyl sites for hydroxylation is 1. The molecule has 7 heteroatoms. The first-order chi connectivity index (χ1) is 17.0. The summed E-state index contributed by atoms with van der Waals surface area (Å²) in [5.74, 6) is 0.870. The van der Waals surface area contributed by atoms with Gasteiger partial charge in [-0.3, -0.25) is 9.88 Å². The van der Waals surface area contributed by atoms with Crippen LogP contribution < -0.4 is 10.1 Å². The van der Waals surface area contributed by atoms with Crippen molar-refractivity contribution in [1.82, 2.24) is 19.7 Å². The van der Waals surface area contributed by atoms with Crippen molar-refractivity contribution in [3.05, 3.63) is 30.0 Å². The number of nitrogens with one attached hydrogen (secondary N) is 1. The van der Waals surface area contributed by atoms with Crippen LogP contribution in [0, 0.1) is 6.92 Å². The van der Waals surface area contributed by atoms with Gasteiger partial charge in [0.2, 0.25) is 0 Å². The van der Waals surface area contributed by atoms with Crippen LogP contribution in [0.3, 0.4) is 0 Å². The van der Waals surface area contributed by atoms with Gasteiger partial charge in [-0.2, -0.15) is 0 Å². The average Bonchev–Trinajstić information content (AvgIpc) is 2.87. The topological polar surface area (TPSA) is 64.1 Å². The quantitative estimate of drug-likeness (QED) is 0.372. The fourth-order valence-electron chi connectivity index (χ4n) is 4.98. The molecule has 1 unspecified atom stereocenters. The Labute approximate surface area is 212 Å². The Morgan fingerprint density at radius 2 is 1.77 bits per heavy atom. The van der Waals surface area contributed by atoms with Gasteiger partial charge in [-0.05, 0) is 57.1 Å². The molecular weight excluding hydrogens is 438 g/mol. The van der Waals surface area contributed by atoms with Gasteiger partial charge >= 0.3 is 0 Å². The van der Waals surface area contributed by atoms with E-state index in [1.54, 1.807) is 7.11 Å². The Morgan fingerprint density at radius 1 is 1.06 bits per heavy atom. The predicted molar refractivity (Wildman–Crippen MR) is 147 cm³/mol. The van der Waals surface area contributed by atoms with E-state index < -0.39 is 0 Å². The number of anilines is 1. The molecule has 0 amide bonds. The highest BCUT2D eigenvalue weighted by molar-refractivity contribution is 5.93. The minimum absolute atomic E-state index is 0.246. The van der Waals surface area contributed by atoms with Crippen LogP contribution in [0.1, 0.15) is 45.1 Å². The number of unbranched alkanes of at least 4 members (excludes halogenated alkanes) is 3. The number of piperazine rings is 1. The first-order valence-corrected chi connectivity index (χ1v) is 13.6. The molecule has 196 valence electrons. The van der Waals surface area contributed by atoms with E-state index in [0.29, 0.717) is 0 Å². The van der Waals surface area contributed by atoms with Gasteiger partial charge in [-0.25, -0.2) is 0 Å². The normalized spacial score (nSPS) is 16.2. The lowest BCUT2D eigenvalue weighted by atomic mass is 10.1. The van der Waals surface area contributed by atoms with Crippen LogP contribution in [0.15, 0.2) is 24.4 Å². The number of β-amino-alcohol motifs (C(OH)–C–C–N with tert-alkyl or cyclic N) is 1. The first-order valence-electron chi connectivity index (χ1n) is 13.6. The number of hydrogen-bond donors (Lipinski definition) is 2. The molecule has 35 heavy (non-hydrogen) atoms. The van der Waals surface area contributed by atoms with E-state index >= 15 is 0 Å². The Kier molecular flexibility index (Phi) is 11.5. The average molecular weight is 486 g/mol. The molecule has 1 fully saturated rings. The summed E-state index contributed by atoms with van der Waals surface area (Å²) in [6, 6.07) is 6.16. The molecule has 1 saturated heterocycles. The van der Waals surface area contributed by atoms with Crippen molar-refractivity contribution < 1.29 is 9.84 Å². The van der Waals surface area contributed by atoms with Crippen LogP contribution in [0.5, 0.6) is 5.75 Å². The van der Waals surface area contributed by atoms with Gasteiger partial charge < -0.3 is 25.0 Å². The minimum Gasteiger partial charge on any atom is -0.497 e. The van der Waals surface area contributed by atoms with Crippen molar-refractivity contribution >= 4 is 16.6 Å². The van der Waals surface area contributed by atoms with Crippen molar-refractivity contribution in [2.24, 2.45) is 0 Å². The van der Waals surface area contributed by atoms with E-state index in [-0.39, 0.29) is 6.10 Å². The zero-order valence-corrected chi connectivity index (χ0v) is 22.4. The molecule has 3 rings (SSSR count). The number of pyridine rings is 1. The van der Waals surface area contributed by atoms with Crippen LogP contribution in [0.25, 0.3) is 10.9 Å². The van der Waals surface area contributed by atoms with E-state index in [9.17, 15) is 5.11 Å². The first kappa shape index (κ1) is 27.7. The summed E-state index contributed by atoms with van der Waals surface area (Å²) in [5.41, 5.74) is 3.29. The molecule has 2 N–H and O–H groups in total. The number of rotatable bonds is 15. The zero-order chi connectivity index (χ0) is 25.0. The molecule has 0 radical (unpaired) electrons. The Bertz CT molecular complexity index is 881. The maximum absolute atomic E-state index is 10.4. The number of ether oxygens (including phenoxy) is 1. The van der Waals surface area contributed by atoms with Crippen molar-refractivity contribution in [2.45, 2.75) is 52.6 Å². The molecule has 0 aliphatic carbocycles. The van der Waals surface area contributed by atoms with Crippen LogP contribution in [-0.2, 0) is 0 Å². The lowest BCUT2D eigenvalue weighted by Gasteiger charge is -2.36. The number of aliphatic hydroxyl groups is 1. The molecular formula is C28H47N5O2. The second kappa shape index (κ2) is 14.6. The number of fused-ring (bicyclic) bond motifs is 1. The van der Waals surface area contributed by atoms with Gasteiger partial charge in [0.05, 0.1) is 24.4 Å².